The number of hydrogen-bond donors (Lipinski definition) is 2. The zero-order valence-corrected chi connectivity index (χ0v) is 14.5. The first-order chi connectivity index (χ1) is 11.9. The first-order valence-electron chi connectivity index (χ1n) is 8.48. The fraction of sp³-hybridized carbons (Fsp3) is 0.500. The summed E-state index contributed by atoms with van der Waals surface area (Å²) in [6.45, 7) is 1.94. The maximum Gasteiger partial charge on any atom is 0.325 e. The molecule has 1 aliphatic carbocycles. The van der Waals surface area contributed by atoms with Crippen LogP contribution in [0, 0.1) is 5.92 Å². The highest BCUT2D eigenvalue weighted by Gasteiger charge is 2.56. The maximum atomic E-state index is 12.5. The van der Waals surface area contributed by atoms with Crippen molar-refractivity contribution in [3.05, 3.63) is 29.8 Å². The van der Waals surface area contributed by atoms with Crippen molar-refractivity contribution in [3.8, 4) is 5.75 Å². The molecule has 7 nitrogen and oxygen atoms in total. The van der Waals surface area contributed by atoms with E-state index in [1.807, 2.05) is 24.3 Å². The SMILES string of the molecule is COc1ccc(CCNC(=O)CN2C(=O)N[C@](C)(C3CC3)C2=O)cc1. The number of carbonyl (C=O) groups is 3. The monoisotopic (exact) mass is 345 g/mol. The molecule has 1 heterocycles. The molecule has 0 spiro atoms. The van der Waals surface area contributed by atoms with Crippen LogP contribution < -0.4 is 15.4 Å². The van der Waals surface area contributed by atoms with Gasteiger partial charge in [-0.15, -0.1) is 0 Å². The van der Waals surface area contributed by atoms with Crippen LogP contribution in [-0.2, 0) is 16.0 Å². The standard InChI is InChI=1S/C18H23N3O4/c1-18(13-5-6-13)16(23)21(17(24)20-18)11-15(22)19-10-9-12-3-7-14(25-2)8-4-12/h3-4,7-8,13H,5-6,9-11H2,1-2H3,(H,19,22)(H,20,24)/t18-/m1/s1. The van der Waals surface area contributed by atoms with Gasteiger partial charge in [0, 0.05) is 6.54 Å². The first-order valence-corrected chi connectivity index (χ1v) is 8.48. The van der Waals surface area contributed by atoms with Crippen molar-refractivity contribution >= 4 is 17.8 Å². The molecule has 0 radical (unpaired) electrons. The molecule has 2 aliphatic rings. The van der Waals surface area contributed by atoms with Gasteiger partial charge in [-0.3, -0.25) is 14.5 Å². The molecule has 134 valence electrons. The number of hydrogen-bond acceptors (Lipinski definition) is 4. The summed E-state index contributed by atoms with van der Waals surface area (Å²) in [5, 5.41) is 5.49. The lowest BCUT2D eigenvalue weighted by Crippen LogP contribution is -2.47. The molecule has 0 unspecified atom stereocenters. The van der Waals surface area contributed by atoms with Crippen LogP contribution in [0.5, 0.6) is 5.75 Å². The second kappa shape index (κ2) is 6.74. The van der Waals surface area contributed by atoms with E-state index in [2.05, 4.69) is 10.6 Å². The van der Waals surface area contributed by atoms with Gasteiger partial charge in [-0.2, -0.15) is 0 Å². The van der Waals surface area contributed by atoms with E-state index in [0.717, 1.165) is 29.1 Å². The van der Waals surface area contributed by atoms with E-state index in [4.69, 9.17) is 4.74 Å². The van der Waals surface area contributed by atoms with Crippen molar-refractivity contribution in [1.29, 1.82) is 0 Å². The summed E-state index contributed by atoms with van der Waals surface area (Å²) in [4.78, 5) is 37.6. The third-order valence-corrected chi connectivity index (χ3v) is 4.89. The van der Waals surface area contributed by atoms with Crippen LogP contribution >= 0.6 is 0 Å². The van der Waals surface area contributed by atoms with E-state index < -0.39 is 11.6 Å². The summed E-state index contributed by atoms with van der Waals surface area (Å²) in [6.07, 6.45) is 2.53. The number of urea groups is 1. The van der Waals surface area contributed by atoms with Crippen LogP contribution in [0.1, 0.15) is 25.3 Å². The lowest BCUT2D eigenvalue weighted by Gasteiger charge is -2.20. The second-order valence-electron chi connectivity index (χ2n) is 6.75. The van der Waals surface area contributed by atoms with Gasteiger partial charge in [-0.25, -0.2) is 4.79 Å². The summed E-state index contributed by atoms with van der Waals surface area (Å²) in [5.41, 5.74) is 0.220. The molecule has 1 aromatic rings. The smallest absolute Gasteiger partial charge is 0.325 e. The van der Waals surface area contributed by atoms with Crippen LogP contribution in [0.2, 0.25) is 0 Å². The number of methoxy groups -OCH3 is 1. The Balaban J connectivity index is 1.47. The maximum absolute atomic E-state index is 12.5. The number of carbonyl (C=O) groups excluding carboxylic acids is 3. The predicted molar refractivity (Wildman–Crippen MR) is 91.1 cm³/mol. The van der Waals surface area contributed by atoms with E-state index in [1.165, 1.54) is 0 Å². The Morgan fingerprint density at radius 2 is 2.00 bits per heavy atom. The number of ether oxygens (including phenoxy) is 1. The van der Waals surface area contributed by atoms with E-state index in [9.17, 15) is 14.4 Å². The Labute approximate surface area is 146 Å². The van der Waals surface area contributed by atoms with Crippen LogP contribution in [-0.4, -0.2) is 48.5 Å². The van der Waals surface area contributed by atoms with E-state index in [-0.39, 0.29) is 24.3 Å². The van der Waals surface area contributed by atoms with E-state index in [0.29, 0.717) is 13.0 Å². The van der Waals surface area contributed by atoms with Crippen LogP contribution in [0.15, 0.2) is 24.3 Å². The van der Waals surface area contributed by atoms with E-state index in [1.54, 1.807) is 14.0 Å². The lowest BCUT2D eigenvalue weighted by atomic mass is 9.96. The molecule has 25 heavy (non-hydrogen) atoms. The summed E-state index contributed by atoms with van der Waals surface area (Å²) >= 11 is 0. The van der Waals surface area contributed by atoms with Crippen LogP contribution in [0.25, 0.3) is 0 Å². The second-order valence-corrected chi connectivity index (χ2v) is 6.75. The Morgan fingerprint density at radius 1 is 1.32 bits per heavy atom. The summed E-state index contributed by atoms with van der Waals surface area (Å²) in [5.74, 6) is 0.333. The zero-order valence-electron chi connectivity index (χ0n) is 14.5. The van der Waals surface area contributed by atoms with Gasteiger partial charge in [0.2, 0.25) is 5.91 Å². The molecular formula is C18H23N3O4. The van der Waals surface area contributed by atoms with Crippen LogP contribution in [0.3, 0.4) is 0 Å². The fourth-order valence-corrected chi connectivity index (χ4v) is 3.13. The molecule has 1 saturated carbocycles. The molecule has 0 bridgehead atoms. The molecular weight excluding hydrogens is 322 g/mol. The number of imide groups is 1. The average Bonchev–Trinajstić information content (AvgIpc) is 3.42. The molecule has 0 aromatic heterocycles. The molecule has 2 fully saturated rings. The molecule has 1 atom stereocenters. The Morgan fingerprint density at radius 3 is 2.60 bits per heavy atom. The highest BCUT2D eigenvalue weighted by atomic mass is 16.5. The van der Waals surface area contributed by atoms with Gasteiger partial charge >= 0.3 is 6.03 Å². The van der Waals surface area contributed by atoms with Gasteiger partial charge in [-0.1, -0.05) is 12.1 Å². The Kier molecular flexibility index (Phi) is 4.65. The van der Waals surface area contributed by atoms with Crippen molar-refractivity contribution in [2.24, 2.45) is 5.92 Å². The molecule has 1 saturated heterocycles. The van der Waals surface area contributed by atoms with Crippen molar-refractivity contribution < 1.29 is 19.1 Å². The van der Waals surface area contributed by atoms with Crippen molar-refractivity contribution in [2.45, 2.75) is 31.7 Å². The minimum Gasteiger partial charge on any atom is -0.497 e. The summed E-state index contributed by atoms with van der Waals surface area (Å²) < 4.78 is 5.10. The van der Waals surface area contributed by atoms with Gasteiger partial charge in [-0.05, 0) is 49.8 Å². The van der Waals surface area contributed by atoms with Crippen LogP contribution in [0.4, 0.5) is 4.79 Å². The van der Waals surface area contributed by atoms with Crippen molar-refractivity contribution in [3.63, 3.8) is 0 Å². The Bertz CT molecular complexity index is 684. The third kappa shape index (κ3) is 3.60. The van der Waals surface area contributed by atoms with Gasteiger partial charge in [0.15, 0.2) is 0 Å². The number of benzene rings is 1. The van der Waals surface area contributed by atoms with Gasteiger partial charge < -0.3 is 15.4 Å². The minimum absolute atomic E-state index is 0.187. The zero-order chi connectivity index (χ0) is 18.0. The summed E-state index contributed by atoms with van der Waals surface area (Å²) in [6, 6.07) is 7.11. The fourth-order valence-electron chi connectivity index (χ4n) is 3.13. The average molecular weight is 345 g/mol. The summed E-state index contributed by atoms with van der Waals surface area (Å²) in [7, 11) is 1.61. The van der Waals surface area contributed by atoms with Gasteiger partial charge in [0.25, 0.3) is 5.91 Å². The number of rotatable bonds is 7. The van der Waals surface area contributed by atoms with Crippen molar-refractivity contribution in [1.82, 2.24) is 15.5 Å². The largest absolute Gasteiger partial charge is 0.497 e. The highest BCUT2D eigenvalue weighted by molar-refractivity contribution is 6.09. The molecule has 1 aromatic carbocycles. The first kappa shape index (κ1) is 17.3. The van der Waals surface area contributed by atoms with Gasteiger partial charge in [0.05, 0.1) is 7.11 Å². The number of amides is 4. The number of nitrogens with zero attached hydrogens (tertiary/aromatic N) is 1. The highest BCUT2D eigenvalue weighted by Crippen LogP contribution is 2.42. The Hall–Kier alpha value is -2.57. The van der Waals surface area contributed by atoms with Crippen molar-refractivity contribution in [2.75, 3.05) is 20.2 Å². The minimum atomic E-state index is -0.847. The quantitative estimate of drug-likeness (QED) is 0.724. The predicted octanol–water partition coefficient (Wildman–Crippen LogP) is 1.07. The lowest BCUT2D eigenvalue weighted by molar-refractivity contribution is -0.135. The molecule has 7 heteroatoms. The number of nitrogens with one attached hydrogen (secondary N) is 2. The van der Waals surface area contributed by atoms with Gasteiger partial charge in [0.1, 0.15) is 17.8 Å². The normalized spacial score (nSPS) is 22.7. The molecule has 3 rings (SSSR count). The molecule has 1 aliphatic heterocycles. The molecule has 4 amide bonds. The molecule has 2 N–H and O–H groups in total. The topological polar surface area (TPSA) is 87.7 Å². The van der Waals surface area contributed by atoms with E-state index >= 15 is 0 Å². The third-order valence-electron chi connectivity index (χ3n) is 4.89.